The van der Waals surface area contributed by atoms with E-state index in [1.54, 1.807) is 35.3 Å². The van der Waals surface area contributed by atoms with Crippen molar-refractivity contribution in [2.75, 3.05) is 11.9 Å². The molecule has 1 aromatic heterocycles. The zero-order valence-electron chi connectivity index (χ0n) is 14.1. The van der Waals surface area contributed by atoms with Crippen LogP contribution < -0.4 is 5.32 Å². The molecule has 132 valence electrons. The molecule has 2 heterocycles. The van der Waals surface area contributed by atoms with Crippen LogP contribution in [-0.4, -0.2) is 27.9 Å². The van der Waals surface area contributed by atoms with Crippen LogP contribution in [0.1, 0.15) is 38.5 Å². The van der Waals surface area contributed by atoms with E-state index in [1.807, 2.05) is 0 Å². The Morgan fingerprint density at radius 2 is 2.16 bits per heavy atom. The Hall–Kier alpha value is -2.21. The highest BCUT2D eigenvalue weighted by Gasteiger charge is 2.42. The van der Waals surface area contributed by atoms with Gasteiger partial charge in [-0.25, -0.2) is 9.07 Å². The number of carbonyl (C=O) groups excluding carboxylic acids is 1. The van der Waals surface area contributed by atoms with Gasteiger partial charge in [-0.05, 0) is 43.9 Å². The summed E-state index contributed by atoms with van der Waals surface area (Å²) in [6.45, 7) is 0.599. The van der Waals surface area contributed by atoms with Crippen molar-refractivity contribution in [1.82, 2.24) is 9.78 Å². The van der Waals surface area contributed by atoms with Gasteiger partial charge >= 0.3 is 0 Å². The maximum Gasteiger partial charge on any atom is 0.227 e. The lowest BCUT2D eigenvalue weighted by Gasteiger charge is -2.37. The highest BCUT2D eigenvalue weighted by Crippen LogP contribution is 2.42. The Bertz CT molecular complexity index is 754. The highest BCUT2D eigenvalue weighted by atomic mass is 19.1. The van der Waals surface area contributed by atoms with E-state index in [1.165, 1.54) is 6.07 Å². The average molecular weight is 343 g/mol. The molecule has 1 spiro atoms. The number of para-hydroxylation sites is 1. The average Bonchev–Trinajstić information content (AvgIpc) is 3.29. The number of ether oxygens (including phenoxy) is 1. The van der Waals surface area contributed by atoms with Gasteiger partial charge in [0, 0.05) is 24.9 Å². The zero-order valence-corrected chi connectivity index (χ0v) is 14.1. The maximum atomic E-state index is 14.4. The molecule has 1 aromatic carbocycles. The van der Waals surface area contributed by atoms with Crippen LogP contribution in [0.25, 0.3) is 5.69 Å². The number of rotatable bonds is 3. The summed E-state index contributed by atoms with van der Waals surface area (Å²) < 4.78 is 21.9. The predicted molar refractivity (Wildman–Crippen MR) is 92.0 cm³/mol. The molecule has 2 fully saturated rings. The number of aromatic nitrogens is 2. The van der Waals surface area contributed by atoms with E-state index in [-0.39, 0.29) is 23.1 Å². The summed E-state index contributed by atoms with van der Waals surface area (Å²) in [5.74, 6) is -0.728. The quantitative estimate of drug-likeness (QED) is 0.925. The Morgan fingerprint density at radius 3 is 2.92 bits per heavy atom. The summed E-state index contributed by atoms with van der Waals surface area (Å²) >= 11 is 0. The van der Waals surface area contributed by atoms with Crippen molar-refractivity contribution in [3.63, 3.8) is 0 Å². The molecule has 1 aliphatic heterocycles. The molecule has 2 aliphatic rings. The van der Waals surface area contributed by atoms with E-state index >= 15 is 0 Å². The molecule has 1 unspecified atom stereocenters. The summed E-state index contributed by atoms with van der Waals surface area (Å²) in [7, 11) is 0. The third-order valence-electron chi connectivity index (χ3n) is 5.37. The SMILES string of the molecule is O=C(Nc1c(F)cccc1-n1cccn1)C1CCOC2(CCCC2)C1. The molecule has 1 saturated heterocycles. The minimum absolute atomic E-state index is 0.131. The van der Waals surface area contributed by atoms with Gasteiger partial charge in [0.1, 0.15) is 11.5 Å². The third kappa shape index (κ3) is 3.18. The second kappa shape index (κ2) is 6.59. The number of benzene rings is 1. The van der Waals surface area contributed by atoms with Gasteiger partial charge in [0.25, 0.3) is 0 Å². The predicted octanol–water partition coefficient (Wildman–Crippen LogP) is 3.69. The van der Waals surface area contributed by atoms with Gasteiger partial charge in [-0.1, -0.05) is 18.9 Å². The number of anilines is 1. The molecule has 1 atom stereocenters. The van der Waals surface area contributed by atoms with Crippen molar-refractivity contribution in [3.05, 3.63) is 42.5 Å². The van der Waals surface area contributed by atoms with Gasteiger partial charge in [-0.2, -0.15) is 5.10 Å². The van der Waals surface area contributed by atoms with E-state index in [0.29, 0.717) is 18.7 Å². The van der Waals surface area contributed by atoms with Gasteiger partial charge in [0.05, 0.1) is 11.3 Å². The lowest BCUT2D eigenvalue weighted by molar-refractivity contribution is -0.133. The molecular weight excluding hydrogens is 321 g/mol. The Morgan fingerprint density at radius 1 is 1.32 bits per heavy atom. The molecular formula is C19H22FN3O2. The van der Waals surface area contributed by atoms with Crippen LogP contribution in [0.4, 0.5) is 10.1 Å². The molecule has 0 radical (unpaired) electrons. The maximum absolute atomic E-state index is 14.4. The number of hydrogen-bond donors (Lipinski definition) is 1. The second-order valence-electron chi connectivity index (χ2n) is 7.00. The molecule has 25 heavy (non-hydrogen) atoms. The van der Waals surface area contributed by atoms with E-state index < -0.39 is 5.82 Å². The topological polar surface area (TPSA) is 56.2 Å². The number of nitrogens with one attached hydrogen (secondary N) is 1. The molecule has 1 saturated carbocycles. The first-order chi connectivity index (χ1) is 12.2. The number of halogens is 1. The summed E-state index contributed by atoms with van der Waals surface area (Å²) in [4.78, 5) is 12.8. The van der Waals surface area contributed by atoms with Gasteiger partial charge in [0.2, 0.25) is 5.91 Å². The first-order valence-electron chi connectivity index (χ1n) is 8.90. The lowest BCUT2D eigenvalue weighted by atomic mass is 9.84. The van der Waals surface area contributed by atoms with Crippen LogP contribution >= 0.6 is 0 Å². The van der Waals surface area contributed by atoms with E-state index in [0.717, 1.165) is 32.1 Å². The molecule has 1 aliphatic carbocycles. The monoisotopic (exact) mass is 343 g/mol. The minimum Gasteiger partial charge on any atom is -0.375 e. The van der Waals surface area contributed by atoms with E-state index in [9.17, 15) is 9.18 Å². The fraction of sp³-hybridized carbons (Fsp3) is 0.474. The summed E-state index contributed by atoms with van der Waals surface area (Å²) in [6, 6.07) is 6.47. The van der Waals surface area contributed by atoms with Crippen molar-refractivity contribution >= 4 is 11.6 Å². The number of carbonyl (C=O) groups is 1. The fourth-order valence-electron chi connectivity index (χ4n) is 4.08. The number of hydrogen-bond acceptors (Lipinski definition) is 3. The van der Waals surface area contributed by atoms with Gasteiger partial charge in [-0.15, -0.1) is 0 Å². The van der Waals surface area contributed by atoms with Crippen LogP contribution in [0.3, 0.4) is 0 Å². The molecule has 0 bridgehead atoms. The minimum atomic E-state index is -0.455. The molecule has 5 nitrogen and oxygen atoms in total. The molecule has 1 amide bonds. The van der Waals surface area contributed by atoms with Crippen LogP contribution in [0, 0.1) is 11.7 Å². The van der Waals surface area contributed by atoms with Crippen LogP contribution in [-0.2, 0) is 9.53 Å². The van der Waals surface area contributed by atoms with Crippen molar-refractivity contribution in [3.8, 4) is 5.69 Å². The van der Waals surface area contributed by atoms with Crippen molar-refractivity contribution in [2.24, 2.45) is 5.92 Å². The summed E-state index contributed by atoms with van der Waals surface area (Å²) in [5, 5.41) is 6.96. The summed E-state index contributed by atoms with van der Waals surface area (Å²) in [6.07, 6.45) is 9.12. The normalized spacial score (nSPS) is 22.2. The van der Waals surface area contributed by atoms with E-state index in [2.05, 4.69) is 10.4 Å². The van der Waals surface area contributed by atoms with Crippen molar-refractivity contribution < 1.29 is 13.9 Å². The largest absolute Gasteiger partial charge is 0.375 e. The first kappa shape index (κ1) is 16.3. The van der Waals surface area contributed by atoms with Crippen molar-refractivity contribution in [1.29, 1.82) is 0 Å². The fourth-order valence-corrected chi connectivity index (χ4v) is 4.08. The number of nitrogens with zero attached hydrogens (tertiary/aromatic N) is 2. The van der Waals surface area contributed by atoms with Gasteiger partial charge < -0.3 is 10.1 Å². The van der Waals surface area contributed by atoms with Crippen LogP contribution in [0.2, 0.25) is 0 Å². The van der Waals surface area contributed by atoms with Crippen LogP contribution in [0.5, 0.6) is 0 Å². The lowest BCUT2D eigenvalue weighted by Crippen LogP contribution is -2.41. The zero-order chi connectivity index (χ0) is 17.3. The van der Waals surface area contributed by atoms with Gasteiger partial charge in [0.15, 0.2) is 0 Å². The van der Waals surface area contributed by atoms with Crippen molar-refractivity contribution in [2.45, 2.75) is 44.1 Å². The molecule has 1 N–H and O–H groups in total. The standard InChI is InChI=1S/C19H22FN3O2/c20-15-5-3-6-16(23-11-4-10-21-23)17(15)22-18(24)14-7-12-25-19(13-14)8-1-2-9-19/h3-6,10-11,14H,1-2,7-9,12-13H2,(H,22,24). The second-order valence-corrected chi connectivity index (χ2v) is 7.00. The molecule has 6 heteroatoms. The third-order valence-corrected chi connectivity index (χ3v) is 5.37. The Labute approximate surface area is 146 Å². The Kier molecular flexibility index (Phi) is 4.29. The van der Waals surface area contributed by atoms with E-state index in [4.69, 9.17) is 4.74 Å². The molecule has 4 rings (SSSR count). The molecule has 2 aromatic rings. The van der Waals surface area contributed by atoms with Gasteiger partial charge in [-0.3, -0.25) is 4.79 Å². The smallest absolute Gasteiger partial charge is 0.227 e. The Balaban J connectivity index is 1.55. The highest BCUT2D eigenvalue weighted by molar-refractivity contribution is 5.94. The first-order valence-corrected chi connectivity index (χ1v) is 8.90. The van der Waals surface area contributed by atoms with Crippen LogP contribution in [0.15, 0.2) is 36.7 Å². The summed E-state index contributed by atoms with van der Waals surface area (Å²) in [5.41, 5.74) is 0.574. The number of amides is 1.